The van der Waals surface area contributed by atoms with Gasteiger partial charge in [-0.2, -0.15) is 0 Å². The van der Waals surface area contributed by atoms with Crippen LogP contribution in [0.5, 0.6) is 11.5 Å². The van der Waals surface area contributed by atoms with Crippen LogP contribution in [0.1, 0.15) is 23.2 Å². The Morgan fingerprint density at radius 1 is 1.03 bits per heavy atom. The summed E-state index contributed by atoms with van der Waals surface area (Å²) in [6.07, 6.45) is 2.12. The molecule has 1 amide bonds. The van der Waals surface area contributed by atoms with E-state index in [1.807, 2.05) is 36.4 Å². The normalized spacial score (nSPS) is 14.9. The van der Waals surface area contributed by atoms with E-state index in [0.29, 0.717) is 24.4 Å². The second-order valence-electron chi connectivity index (χ2n) is 7.08. The van der Waals surface area contributed by atoms with Crippen LogP contribution in [0.15, 0.2) is 59.6 Å². The molecule has 0 atom stereocenters. The van der Waals surface area contributed by atoms with Gasteiger partial charge in [0.1, 0.15) is 17.6 Å². The Balaban J connectivity index is 1.38. The first-order chi connectivity index (χ1) is 14.7. The van der Waals surface area contributed by atoms with Gasteiger partial charge in [-0.15, -0.1) is 0 Å². The van der Waals surface area contributed by atoms with E-state index in [0.717, 1.165) is 37.6 Å². The van der Waals surface area contributed by atoms with Crippen molar-refractivity contribution in [1.29, 1.82) is 0 Å². The van der Waals surface area contributed by atoms with E-state index in [-0.39, 0.29) is 12.0 Å². The minimum absolute atomic E-state index is 0.121. The number of amides is 1. The molecule has 1 aliphatic rings. The molecule has 0 bridgehead atoms. The van der Waals surface area contributed by atoms with Crippen molar-refractivity contribution in [2.75, 3.05) is 40.3 Å². The molecular weight excluding hydrogens is 380 g/mol. The number of aliphatic imine (C=N–C) groups is 1. The van der Waals surface area contributed by atoms with E-state index in [2.05, 4.69) is 20.5 Å². The highest BCUT2D eigenvalue weighted by atomic mass is 16.5. The van der Waals surface area contributed by atoms with Crippen LogP contribution >= 0.6 is 0 Å². The summed E-state index contributed by atoms with van der Waals surface area (Å²) in [5.41, 5.74) is 0.583. The SMILES string of the molecule is CN=C(NCCNC(=O)c1cccc(OC)c1)N1CCC(Oc2ccccc2)CC1. The van der Waals surface area contributed by atoms with Crippen molar-refractivity contribution < 1.29 is 14.3 Å². The molecule has 0 aromatic heterocycles. The van der Waals surface area contributed by atoms with Gasteiger partial charge in [0, 0.05) is 51.6 Å². The van der Waals surface area contributed by atoms with E-state index in [1.165, 1.54) is 0 Å². The lowest BCUT2D eigenvalue weighted by Crippen LogP contribution is -2.48. The van der Waals surface area contributed by atoms with Crippen LogP contribution in [0.3, 0.4) is 0 Å². The predicted octanol–water partition coefficient (Wildman–Crippen LogP) is 2.54. The zero-order valence-corrected chi connectivity index (χ0v) is 17.6. The monoisotopic (exact) mass is 410 g/mol. The van der Waals surface area contributed by atoms with E-state index >= 15 is 0 Å². The third-order valence-electron chi connectivity index (χ3n) is 5.02. The molecular formula is C23H30N4O3. The second kappa shape index (κ2) is 11.1. The number of nitrogens with one attached hydrogen (secondary N) is 2. The first-order valence-corrected chi connectivity index (χ1v) is 10.3. The summed E-state index contributed by atoms with van der Waals surface area (Å²) in [5, 5.41) is 6.25. The fourth-order valence-electron chi connectivity index (χ4n) is 3.43. The molecule has 0 aliphatic carbocycles. The van der Waals surface area contributed by atoms with Gasteiger partial charge in [-0.3, -0.25) is 9.79 Å². The number of likely N-dealkylation sites (tertiary alicyclic amines) is 1. The van der Waals surface area contributed by atoms with Gasteiger partial charge in [-0.1, -0.05) is 24.3 Å². The van der Waals surface area contributed by atoms with E-state index < -0.39 is 0 Å². The molecule has 2 aromatic carbocycles. The molecule has 1 aliphatic heterocycles. The molecule has 30 heavy (non-hydrogen) atoms. The average molecular weight is 411 g/mol. The number of carbonyl (C=O) groups excluding carboxylic acids is 1. The Bertz CT molecular complexity index is 833. The number of rotatable bonds is 7. The summed E-state index contributed by atoms with van der Waals surface area (Å²) >= 11 is 0. The van der Waals surface area contributed by atoms with Gasteiger partial charge < -0.3 is 25.0 Å². The Morgan fingerprint density at radius 2 is 1.73 bits per heavy atom. The van der Waals surface area contributed by atoms with Crippen molar-refractivity contribution >= 4 is 11.9 Å². The molecule has 1 heterocycles. The van der Waals surface area contributed by atoms with E-state index in [9.17, 15) is 4.79 Å². The first-order valence-electron chi connectivity index (χ1n) is 10.3. The maximum absolute atomic E-state index is 12.3. The maximum Gasteiger partial charge on any atom is 0.251 e. The Labute approximate surface area is 178 Å². The Kier molecular flexibility index (Phi) is 7.94. The molecule has 2 N–H and O–H groups in total. The number of ether oxygens (including phenoxy) is 2. The lowest BCUT2D eigenvalue weighted by Gasteiger charge is -2.34. The summed E-state index contributed by atoms with van der Waals surface area (Å²) in [6, 6.07) is 17.1. The third-order valence-corrected chi connectivity index (χ3v) is 5.02. The van der Waals surface area contributed by atoms with Crippen LogP contribution in [0.2, 0.25) is 0 Å². The zero-order valence-electron chi connectivity index (χ0n) is 17.6. The molecule has 0 spiro atoms. The minimum atomic E-state index is -0.121. The van der Waals surface area contributed by atoms with Crippen LogP contribution in [0.25, 0.3) is 0 Å². The predicted molar refractivity (Wildman–Crippen MR) is 118 cm³/mol. The van der Waals surface area contributed by atoms with Crippen molar-refractivity contribution in [3.63, 3.8) is 0 Å². The van der Waals surface area contributed by atoms with Gasteiger partial charge in [-0.25, -0.2) is 0 Å². The zero-order chi connectivity index (χ0) is 21.2. The number of guanidine groups is 1. The molecule has 2 aromatic rings. The number of piperidine rings is 1. The molecule has 3 rings (SSSR count). The molecule has 7 nitrogen and oxygen atoms in total. The second-order valence-corrected chi connectivity index (χ2v) is 7.08. The quantitative estimate of drug-likeness (QED) is 0.417. The number of hydrogen-bond donors (Lipinski definition) is 2. The standard InChI is InChI=1S/C23H30N4O3/c1-24-23(26-14-13-25-22(28)18-7-6-10-21(17-18)29-2)27-15-11-20(12-16-27)30-19-8-4-3-5-9-19/h3-10,17,20H,11-16H2,1-2H3,(H,24,26)(H,25,28). The van der Waals surface area contributed by atoms with Crippen LogP contribution in [-0.4, -0.2) is 63.2 Å². The van der Waals surface area contributed by atoms with Gasteiger partial charge in [0.05, 0.1) is 7.11 Å². The summed E-state index contributed by atoms with van der Waals surface area (Å²) in [5.74, 6) is 2.32. The van der Waals surface area contributed by atoms with Gasteiger partial charge in [-0.05, 0) is 30.3 Å². The molecule has 1 fully saturated rings. The largest absolute Gasteiger partial charge is 0.497 e. The summed E-state index contributed by atoms with van der Waals surface area (Å²) in [6.45, 7) is 2.87. The van der Waals surface area contributed by atoms with Crippen molar-refractivity contribution in [3.8, 4) is 11.5 Å². The van der Waals surface area contributed by atoms with Crippen molar-refractivity contribution in [1.82, 2.24) is 15.5 Å². The molecule has 0 saturated carbocycles. The Morgan fingerprint density at radius 3 is 2.43 bits per heavy atom. The first kappa shape index (κ1) is 21.5. The number of methoxy groups -OCH3 is 1. The maximum atomic E-state index is 12.3. The molecule has 0 radical (unpaired) electrons. The fourth-order valence-corrected chi connectivity index (χ4v) is 3.43. The fraction of sp³-hybridized carbons (Fsp3) is 0.391. The van der Waals surface area contributed by atoms with Gasteiger partial charge in [0.15, 0.2) is 5.96 Å². The van der Waals surface area contributed by atoms with Crippen molar-refractivity contribution in [2.24, 2.45) is 4.99 Å². The number of para-hydroxylation sites is 1. The summed E-state index contributed by atoms with van der Waals surface area (Å²) in [4.78, 5) is 18.9. The number of nitrogens with zero attached hydrogens (tertiary/aromatic N) is 2. The van der Waals surface area contributed by atoms with Crippen LogP contribution < -0.4 is 20.1 Å². The van der Waals surface area contributed by atoms with Gasteiger partial charge in [0.25, 0.3) is 5.91 Å². The summed E-state index contributed by atoms with van der Waals surface area (Å²) < 4.78 is 11.2. The van der Waals surface area contributed by atoms with Crippen LogP contribution in [-0.2, 0) is 0 Å². The Hall–Kier alpha value is -3.22. The highest BCUT2D eigenvalue weighted by Crippen LogP contribution is 2.18. The number of hydrogen-bond acceptors (Lipinski definition) is 4. The van der Waals surface area contributed by atoms with Crippen LogP contribution in [0.4, 0.5) is 0 Å². The summed E-state index contributed by atoms with van der Waals surface area (Å²) in [7, 11) is 3.37. The minimum Gasteiger partial charge on any atom is -0.497 e. The van der Waals surface area contributed by atoms with Gasteiger partial charge >= 0.3 is 0 Å². The number of carbonyl (C=O) groups is 1. The highest BCUT2D eigenvalue weighted by molar-refractivity contribution is 5.94. The molecule has 1 saturated heterocycles. The van der Waals surface area contributed by atoms with Crippen LogP contribution in [0, 0.1) is 0 Å². The van der Waals surface area contributed by atoms with Crippen molar-refractivity contribution in [2.45, 2.75) is 18.9 Å². The molecule has 0 unspecified atom stereocenters. The lowest BCUT2D eigenvalue weighted by atomic mass is 10.1. The highest BCUT2D eigenvalue weighted by Gasteiger charge is 2.22. The van der Waals surface area contributed by atoms with Gasteiger partial charge in [0.2, 0.25) is 0 Å². The van der Waals surface area contributed by atoms with E-state index in [4.69, 9.17) is 9.47 Å². The number of benzene rings is 2. The topological polar surface area (TPSA) is 75.2 Å². The molecule has 7 heteroatoms. The van der Waals surface area contributed by atoms with Crippen molar-refractivity contribution in [3.05, 3.63) is 60.2 Å². The smallest absolute Gasteiger partial charge is 0.251 e. The lowest BCUT2D eigenvalue weighted by molar-refractivity contribution is 0.0953. The molecule has 160 valence electrons. The van der Waals surface area contributed by atoms with E-state index in [1.54, 1.807) is 32.4 Å². The third kappa shape index (κ3) is 6.14. The average Bonchev–Trinajstić information content (AvgIpc) is 2.80.